The van der Waals surface area contributed by atoms with Gasteiger partial charge in [0.25, 0.3) is 0 Å². The van der Waals surface area contributed by atoms with Crippen molar-refractivity contribution >= 4 is 0 Å². The Balaban J connectivity index is 2.00. The van der Waals surface area contributed by atoms with Gasteiger partial charge in [0.1, 0.15) is 26.2 Å². The molecule has 0 amide bonds. The van der Waals surface area contributed by atoms with Crippen molar-refractivity contribution in [2.45, 2.75) is 12.8 Å². The van der Waals surface area contributed by atoms with E-state index >= 15 is 0 Å². The Morgan fingerprint density at radius 2 is 0.643 bits per heavy atom. The standard InChI is InChI=1S/C10H24N4/c1-3-11-7-9-13-5-2-6-14-10-8-12-4-1/h11-14H,1-10H2/p+4. The van der Waals surface area contributed by atoms with Gasteiger partial charge in [-0.1, -0.05) is 0 Å². The normalized spacial score (nSPS) is 24.0. The van der Waals surface area contributed by atoms with Crippen LogP contribution in [0.3, 0.4) is 0 Å². The van der Waals surface area contributed by atoms with Crippen molar-refractivity contribution in [3.8, 4) is 0 Å². The number of rotatable bonds is 0. The molecular formula is C10H28N4+4. The summed E-state index contributed by atoms with van der Waals surface area (Å²) >= 11 is 0. The summed E-state index contributed by atoms with van der Waals surface area (Å²) in [5.41, 5.74) is 0. The van der Waals surface area contributed by atoms with Gasteiger partial charge in [0.2, 0.25) is 0 Å². The van der Waals surface area contributed by atoms with Crippen molar-refractivity contribution in [3.63, 3.8) is 0 Å². The molecule has 84 valence electrons. The summed E-state index contributed by atoms with van der Waals surface area (Å²) in [6.45, 7) is 10.4. The van der Waals surface area contributed by atoms with Gasteiger partial charge in [-0.25, -0.2) is 0 Å². The fourth-order valence-electron chi connectivity index (χ4n) is 1.86. The molecule has 0 aliphatic carbocycles. The van der Waals surface area contributed by atoms with Gasteiger partial charge in [0, 0.05) is 12.8 Å². The van der Waals surface area contributed by atoms with Gasteiger partial charge < -0.3 is 21.3 Å². The Bertz CT molecular complexity index is 65.4. The number of hydrogen-bond donors (Lipinski definition) is 4. The van der Waals surface area contributed by atoms with Crippen LogP contribution in [0, 0.1) is 0 Å². The first-order valence-electron chi connectivity index (χ1n) is 6.27. The number of quaternary nitrogens is 4. The van der Waals surface area contributed by atoms with E-state index in [0.29, 0.717) is 0 Å². The molecule has 0 aromatic rings. The lowest BCUT2D eigenvalue weighted by Crippen LogP contribution is -2.98. The zero-order chi connectivity index (χ0) is 9.90. The minimum atomic E-state index is 1.30. The van der Waals surface area contributed by atoms with Crippen LogP contribution in [0.5, 0.6) is 0 Å². The van der Waals surface area contributed by atoms with Crippen molar-refractivity contribution in [2.24, 2.45) is 0 Å². The molecule has 0 atom stereocenters. The van der Waals surface area contributed by atoms with Crippen LogP contribution in [0.2, 0.25) is 0 Å². The third kappa shape index (κ3) is 7.26. The molecule has 1 saturated heterocycles. The summed E-state index contributed by atoms with van der Waals surface area (Å²) in [7, 11) is 0. The Morgan fingerprint density at radius 1 is 0.357 bits per heavy atom. The molecule has 1 heterocycles. The van der Waals surface area contributed by atoms with E-state index in [4.69, 9.17) is 0 Å². The summed E-state index contributed by atoms with van der Waals surface area (Å²) in [6, 6.07) is 0. The molecule has 0 spiro atoms. The number of nitrogens with two attached hydrogens (primary N) is 4. The second-order valence-electron chi connectivity index (χ2n) is 4.17. The molecule has 0 saturated carbocycles. The highest BCUT2D eigenvalue weighted by Gasteiger charge is 1.99. The third-order valence-corrected chi connectivity index (χ3v) is 2.78. The molecule has 14 heavy (non-hydrogen) atoms. The molecule has 1 fully saturated rings. The average molecular weight is 204 g/mol. The largest absolute Gasteiger partial charge is 0.341 e. The molecule has 8 N–H and O–H groups in total. The molecule has 0 unspecified atom stereocenters. The van der Waals surface area contributed by atoms with Crippen molar-refractivity contribution in [1.82, 2.24) is 0 Å². The molecule has 4 nitrogen and oxygen atoms in total. The summed E-state index contributed by atoms with van der Waals surface area (Å²) in [5, 5.41) is 9.84. The predicted octanol–water partition coefficient (Wildman–Crippen LogP) is -4.97. The van der Waals surface area contributed by atoms with Crippen LogP contribution in [0.4, 0.5) is 0 Å². The van der Waals surface area contributed by atoms with Gasteiger partial charge in [0.15, 0.2) is 0 Å². The van der Waals surface area contributed by atoms with Crippen molar-refractivity contribution < 1.29 is 21.3 Å². The van der Waals surface area contributed by atoms with Crippen LogP contribution < -0.4 is 21.3 Å². The van der Waals surface area contributed by atoms with Gasteiger partial charge in [0.05, 0.1) is 26.2 Å². The van der Waals surface area contributed by atoms with Crippen LogP contribution in [0.25, 0.3) is 0 Å². The predicted molar refractivity (Wildman–Crippen MR) is 55.9 cm³/mol. The second kappa shape index (κ2) is 9.40. The SMILES string of the molecule is C1C[NH2+]CC[NH2+]CCC[NH2+]CC[NH2+]C1. The minimum absolute atomic E-state index is 1.30. The van der Waals surface area contributed by atoms with E-state index in [1.165, 1.54) is 65.2 Å². The summed E-state index contributed by atoms with van der Waals surface area (Å²) in [6.07, 6.45) is 2.72. The van der Waals surface area contributed by atoms with E-state index in [0.717, 1.165) is 0 Å². The minimum Gasteiger partial charge on any atom is -0.341 e. The van der Waals surface area contributed by atoms with Gasteiger partial charge in [-0.05, 0) is 0 Å². The first kappa shape index (κ1) is 11.9. The van der Waals surface area contributed by atoms with Gasteiger partial charge in [-0.2, -0.15) is 0 Å². The molecule has 0 aromatic carbocycles. The summed E-state index contributed by atoms with van der Waals surface area (Å²) in [4.78, 5) is 0. The fourth-order valence-corrected chi connectivity index (χ4v) is 1.86. The van der Waals surface area contributed by atoms with E-state index < -0.39 is 0 Å². The third-order valence-electron chi connectivity index (χ3n) is 2.78. The Hall–Kier alpha value is -0.160. The molecule has 1 rings (SSSR count). The van der Waals surface area contributed by atoms with Crippen LogP contribution in [-0.4, -0.2) is 52.4 Å². The maximum Gasteiger partial charge on any atom is 0.125 e. The molecule has 0 radical (unpaired) electrons. The monoisotopic (exact) mass is 204 g/mol. The summed E-state index contributed by atoms with van der Waals surface area (Å²) in [5.74, 6) is 0. The smallest absolute Gasteiger partial charge is 0.125 e. The maximum atomic E-state index is 2.46. The zero-order valence-electron chi connectivity index (χ0n) is 9.38. The highest BCUT2D eigenvalue weighted by atomic mass is 15.0. The highest BCUT2D eigenvalue weighted by molar-refractivity contribution is 4.30. The average Bonchev–Trinajstić information content (AvgIpc) is 2.22. The van der Waals surface area contributed by atoms with Gasteiger partial charge >= 0.3 is 0 Å². The number of hydrogen-bond acceptors (Lipinski definition) is 0. The van der Waals surface area contributed by atoms with Crippen LogP contribution in [-0.2, 0) is 0 Å². The molecule has 1 aliphatic rings. The topological polar surface area (TPSA) is 66.4 Å². The highest BCUT2D eigenvalue weighted by Crippen LogP contribution is 1.61. The molecule has 0 aromatic heterocycles. The first-order valence-corrected chi connectivity index (χ1v) is 6.27. The van der Waals surface area contributed by atoms with Crippen LogP contribution >= 0.6 is 0 Å². The molecule has 1 aliphatic heterocycles. The lowest BCUT2D eigenvalue weighted by atomic mass is 10.3. The van der Waals surface area contributed by atoms with E-state index in [2.05, 4.69) is 21.3 Å². The Kier molecular flexibility index (Phi) is 8.00. The van der Waals surface area contributed by atoms with E-state index in [1.54, 1.807) is 0 Å². The van der Waals surface area contributed by atoms with Gasteiger partial charge in [-0.3, -0.25) is 0 Å². The Morgan fingerprint density at radius 3 is 0.929 bits per heavy atom. The molecular weight excluding hydrogens is 176 g/mol. The van der Waals surface area contributed by atoms with Crippen molar-refractivity contribution in [1.29, 1.82) is 0 Å². The van der Waals surface area contributed by atoms with Crippen LogP contribution in [0.15, 0.2) is 0 Å². The second-order valence-corrected chi connectivity index (χ2v) is 4.17. The molecule has 4 heteroatoms. The lowest BCUT2D eigenvalue weighted by molar-refractivity contribution is -0.746. The Labute approximate surface area is 87.2 Å². The van der Waals surface area contributed by atoms with Crippen LogP contribution in [0.1, 0.15) is 12.8 Å². The lowest BCUT2D eigenvalue weighted by Gasteiger charge is -2.05. The van der Waals surface area contributed by atoms with Gasteiger partial charge in [-0.15, -0.1) is 0 Å². The van der Waals surface area contributed by atoms with E-state index in [1.807, 2.05) is 0 Å². The summed E-state index contributed by atoms with van der Waals surface area (Å²) < 4.78 is 0. The first-order chi connectivity index (χ1) is 7.00. The maximum absolute atomic E-state index is 2.46. The van der Waals surface area contributed by atoms with Crippen molar-refractivity contribution in [2.75, 3.05) is 52.4 Å². The van der Waals surface area contributed by atoms with E-state index in [-0.39, 0.29) is 0 Å². The molecule has 0 bridgehead atoms. The quantitative estimate of drug-likeness (QED) is 0.305. The van der Waals surface area contributed by atoms with Crippen molar-refractivity contribution in [3.05, 3.63) is 0 Å². The zero-order valence-corrected chi connectivity index (χ0v) is 9.38. The fraction of sp³-hybridized carbons (Fsp3) is 1.00. The van der Waals surface area contributed by atoms with E-state index in [9.17, 15) is 0 Å².